The second-order valence-corrected chi connectivity index (χ2v) is 6.84. The highest BCUT2D eigenvalue weighted by atomic mass is 79.9. The lowest BCUT2D eigenvalue weighted by Crippen LogP contribution is -2.15. The zero-order chi connectivity index (χ0) is 17.9. The number of fused-ring (bicyclic) bond motifs is 1. The topological polar surface area (TPSA) is 50.3 Å². The highest BCUT2D eigenvalue weighted by Gasteiger charge is 2.07. The first kappa shape index (κ1) is 16.6. The van der Waals surface area contributed by atoms with Gasteiger partial charge in [0.05, 0.1) is 11.2 Å². The van der Waals surface area contributed by atoms with Gasteiger partial charge < -0.3 is 15.0 Å². The van der Waals surface area contributed by atoms with E-state index in [0.29, 0.717) is 5.95 Å². The molecule has 0 amide bonds. The highest BCUT2D eigenvalue weighted by Crippen LogP contribution is 2.26. The SMILES string of the molecule is CN1C=CC(Oc2ccc3nc(Nc4ccccc4Br)ncc3c2)=CC1. The summed E-state index contributed by atoms with van der Waals surface area (Å²) in [6.07, 6.45) is 7.80. The minimum Gasteiger partial charge on any atom is -0.458 e. The van der Waals surface area contributed by atoms with Gasteiger partial charge in [-0.3, -0.25) is 0 Å². The van der Waals surface area contributed by atoms with Gasteiger partial charge in [-0.2, -0.15) is 0 Å². The van der Waals surface area contributed by atoms with E-state index in [1.54, 1.807) is 6.20 Å². The van der Waals surface area contributed by atoms with E-state index < -0.39 is 0 Å². The van der Waals surface area contributed by atoms with E-state index in [1.165, 1.54) is 0 Å². The number of benzene rings is 2. The molecule has 5 nitrogen and oxygen atoms in total. The van der Waals surface area contributed by atoms with E-state index >= 15 is 0 Å². The van der Waals surface area contributed by atoms with Crippen LogP contribution in [0.25, 0.3) is 10.9 Å². The number of anilines is 2. The van der Waals surface area contributed by atoms with Crippen molar-refractivity contribution in [1.82, 2.24) is 14.9 Å². The van der Waals surface area contributed by atoms with Gasteiger partial charge in [0.1, 0.15) is 11.5 Å². The summed E-state index contributed by atoms with van der Waals surface area (Å²) >= 11 is 3.52. The van der Waals surface area contributed by atoms with E-state index in [9.17, 15) is 0 Å². The standard InChI is InChI=1S/C20H17BrN4O/c1-25-10-8-15(9-11-25)26-16-6-7-18-14(12-16)13-22-20(23-18)24-19-5-3-2-4-17(19)21/h2-10,12-13H,11H2,1H3,(H,22,23,24). The zero-order valence-corrected chi connectivity index (χ0v) is 15.8. The minimum atomic E-state index is 0.555. The lowest BCUT2D eigenvalue weighted by molar-refractivity contribution is 0.416. The second-order valence-electron chi connectivity index (χ2n) is 5.98. The Labute approximate surface area is 160 Å². The minimum absolute atomic E-state index is 0.555. The Morgan fingerprint density at radius 1 is 1.19 bits per heavy atom. The number of ether oxygens (including phenoxy) is 1. The molecule has 130 valence electrons. The van der Waals surface area contributed by atoms with Gasteiger partial charge in [0.2, 0.25) is 5.95 Å². The monoisotopic (exact) mass is 408 g/mol. The number of nitrogens with zero attached hydrogens (tertiary/aromatic N) is 3. The van der Waals surface area contributed by atoms with Crippen LogP contribution in [0.1, 0.15) is 0 Å². The van der Waals surface area contributed by atoms with Crippen LogP contribution in [0.15, 0.2) is 77.2 Å². The van der Waals surface area contributed by atoms with Crippen LogP contribution >= 0.6 is 15.9 Å². The van der Waals surface area contributed by atoms with Crippen molar-refractivity contribution >= 4 is 38.5 Å². The lowest BCUT2D eigenvalue weighted by atomic mass is 10.2. The molecule has 1 aliphatic heterocycles. The summed E-state index contributed by atoms with van der Waals surface area (Å²) in [4.78, 5) is 11.1. The Kier molecular flexibility index (Phi) is 4.58. The van der Waals surface area contributed by atoms with Crippen molar-refractivity contribution in [2.24, 2.45) is 0 Å². The molecule has 0 atom stereocenters. The molecule has 0 radical (unpaired) electrons. The van der Waals surface area contributed by atoms with Crippen LogP contribution in [0.4, 0.5) is 11.6 Å². The van der Waals surface area contributed by atoms with E-state index in [4.69, 9.17) is 4.74 Å². The number of rotatable bonds is 4. The maximum absolute atomic E-state index is 5.92. The predicted octanol–water partition coefficient (Wildman–Crippen LogP) is 4.86. The van der Waals surface area contributed by atoms with E-state index in [-0.39, 0.29) is 0 Å². The first-order chi connectivity index (χ1) is 12.7. The number of hydrogen-bond acceptors (Lipinski definition) is 5. The van der Waals surface area contributed by atoms with Crippen molar-refractivity contribution in [2.75, 3.05) is 18.9 Å². The van der Waals surface area contributed by atoms with Crippen LogP contribution < -0.4 is 10.1 Å². The zero-order valence-electron chi connectivity index (χ0n) is 14.2. The van der Waals surface area contributed by atoms with Crippen LogP contribution in [0.5, 0.6) is 5.75 Å². The Hall–Kier alpha value is -2.86. The second kappa shape index (κ2) is 7.17. The molecule has 0 saturated carbocycles. The van der Waals surface area contributed by atoms with Gasteiger partial charge >= 0.3 is 0 Å². The van der Waals surface area contributed by atoms with Gasteiger partial charge in [-0.05, 0) is 58.4 Å². The van der Waals surface area contributed by atoms with Crippen LogP contribution in [0.2, 0.25) is 0 Å². The molecule has 1 N–H and O–H groups in total. The van der Waals surface area contributed by atoms with Gasteiger partial charge in [-0.15, -0.1) is 0 Å². The fourth-order valence-electron chi connectivity index (χ4n) is 2.59. The molecule has 0 spiro atoms. The molecule has 0 aliphatic carbocycles. The number of aromatic nitrogens is 2. The van der Waals surface area contributed by atoms with E-state index in [0.717, 1.165) is 39.1 Å². The summed E-state index contributed by atoms with van der Waals surface area (Å²) in [5, 5.41) is 4.15. The summed E-state index contributed by atoms with van der Waals surface area (Å²) < 4.78 is 6.89. The molecule has 1 aliphatic rings. The van der Waals surface area contributed by atoms with Crippen molar-refractivity contribution in [2.45, 2.75) is 0 Å². The van der Waals surface area contributed by atoms with Gasteiger partial charge in [0, 0.05) is 35.8 Å². The Bertz CT molecular complexity index is 1020. The van der Waals surface area contributed by atoms with Crippen LogP contribution in [0.3, 0.4) is 0 Å². The number of nitrogens with one attached hydrogen (secondary N) is 1. The maximum atomic E-state index is 5.92. The number of halogens is 1. The summed E-state index contributed by atoms with van der Waals surface area (Å²) in [6.45, 7) is 0.840. The summed E-state index contributed by atoms with van der Waals surface area (Å²) in [5.74, 6) is 2.17. The van der Waals surface area contributed by atoms with Crippen molar-refractivity contribution in [3.63, 3.8) is 0 Å². The highest BCUT2D eigenvalue weighted by molar-refractivity contribution is 9.10. The van der Waals surface area contributed by atoms with Gasteiger partial charge in [0.25, 0.3) is 0 Å². The fraction of sp³-hybridized carbons (Fsp3) is 0.100. The van der Waals surface area contributed by atoms with Crippen molar-refractivity contribution in [3.8, 4) is 5.75 Å². The molecule has 6 heteroatoms. The van der Waals surface area contributed by atoms with Gasteiger partial charge in [-0.25, -0.2) is 9.97 Å². The first-order valence-electron chi connectivity index (χ1n) is 8.22. The summed E-state index contributed by atoms with van der Waals surface area (Å²) in [5.41, 5.74) is 1.78. The molecule has 1 aromatic heterocycles. The average Bonchev–Trinajstić information content (AvgIpc) is 2.66. The quantitative estimate of drug-likeness (QED) is 0.667. The number of hydrogen-bond donors (Lipinski definition) is 1. The third-order valence-corrected chi connectivity index (χ3v) is 4.67. The molecule has 2 heterocycles. The largest absolute Gasteiger partial charge is 0.458 e. The molecular weight excluding hydrogens is 392 g/mol. The predicted molar refractivity (Wildman–Crippen MR) is 107 cm³/mol. The molecule has 3 aromatic rings. The van der Waals surface area contributed by atoms with E-state index in [2.05, 4.69) is 36.1 Å². The van der Waals surface area contributed by atoms with Crippen molar-refractivity contribution in [1.29, 1.82) is 0 Å². The van der Waals surface area contributed by atoms with E-state index in [1.807, 2.05) is 67.9 Å². The first-order valence-corrected chi connectivity index (χ1v) is 9.01. The number of allylic oxidation sites excluding steroid dienone is 1. The Balaban J connectivity index is 1.55. The maximum Gasteiger partial charge on any atom is 0.227 e. The molecular formula is C20H17BrN4O. The summed E-state index contributed by atoms with van der Waals surface area (Å²) in [7, 11) is 2.02. The van der Waals surface area contributed by atoms with Crippen molar-refractivity contribution < 1.29 is 4.74 Å². The fourth-order valence-corrected chi connectivity index (χ4v) is 2.98. The van der Waals surface area contributed by atoms with Crippen LogP contribution in [0, 0.1) is 0 Å². The van der Waals surface area contributed by atoms with Gasteiger partial charge in [-0.1, -0.05) is 12.1 Å². The lowest BCUT2D eigenvalue weighted by Gasteiger charge is -2.17. The smallest absolute Gasteiger partial charge is 0.227 e. The molecule has 0 unspecified atom stereocenters. The Morgan fingerprint density at radius 2 is 2.08 bits per heavy atom. The van der Waals surface area contributed by atoms with Gasteiger partial charge in [0.15, 0.2) is 0 Å². The molecule has 26 heavy (non-hydrogen) atoms. The molecule has 0 bridgehead atoms. The number of likely N-dealkylation sites (N-methyl/N-ethyl adjacent to an activating group) is 1. The Morgan fingerprint density at radius 3 is 2.88 bits per heavy atom. The number of para-hydroxylation sites is 1. The third-order valence-electron chi connectivity index (χ3n) is 3.98. The van der Waals surface area contributed by atoms with Crippen LogP contribution in [-0.4, -0.2) is 28.5 Å². The third kappa shape index (κ3) is 3.70. The molecule has 0 fully saturated rings. The average molecular weight is 409 g/mol. The summed E-state index contributed by atoms with van der Waals surface area (Å²) in [6, 6.07) is 13.7. The molecule has 4 rings (SSSR count). The van der Waals surface area contributed by atoms with Crippen LogP contribution in [-0.2, 0) is 0 Å². The van der Waals surface area contributed by atoms with Crippen molar-refractivity contribution in [3.05, 3.63) is 77.2 Å². The molecule has 2 aromatic carbocycles. The normalized spacial score (nSPS) is 13.6. The molecule has 0 saturated heterocycles.